The van der Waals surface area contributed by atoms with Crippen molar-refractivity contribution in [2.24, 2.45) is 0 Å². The van der Waals surface area contributed by atoms with E-state index in [1.54, 1.807) is 18.2 Å². The number of aromatic hydroxyl groups is 1. The number of nitrogen functional groups attached to an aromatic ring is 1. The molecule has 0 amide bonds. The number of hydrogen-bond acceptors (Lipinski definition) is 4. The van der Waals surface area contributed by atoms with Crippen molar-refractivity contribution in [1.29, 1.82) is 0 Å². The molecule has 20 heavy (non-hydrogen) atoms. The molecule has 0 saturated heterocycles. The molecule has 7 heteroatoms. The summed E-state index contributed by atoms with van der Waals surface area (Å²) in [6.45, 7) is 0. The molecule has 0 atom stereocenters. The third-order valence-electron chi connectivity index (χ3n) is 2.81. The number of anilines is 2. The van der Waals surface area contributed by atoms with Crippen LogP contribution in [0.5, 0.6) is 5.75 Å². The predicted octanol–water partition coefficient (Wildman–Crippen LogP) is 2.56. The number of rotatable bonds is 3. The van der Waals surface area contributed by atoms with Crippen molar-refractivity contribution in [2.45, 2.75) is 4.90 Å². The van der Waals surface area contributed by atoms with E-state index in [1.807, 2.05) is 0 Å². The maximum Gasteiger partial charge on any atom is 0.266 e. The van der Waals surface area contributed by atoms with Crippen LogP contribution in [0.3, 0.4) is 0 Å². The van der Waals surface area contributed by atoms with Crippen molar-refractivity contribution >= 4 is 37.3 Å². The molecule has 0 radical (unpaired) electrons. The summed E-state index contributed by atoms with van der Waals surface area (Å²) in [6, 6.07) is 10.6. The quantitative estimate of drug-likeness (QED) is 0.827. The summed E-state index contributed by atoms with van der Waals surface area (Å²) in [5, 5.41) is 9.44. The second-order valence-corrected chi connectivity index (χ2v) is 7.03. The molecule has 2 aromatic carbocycles. The lowest BCUT2D eigenvalue weighted by Crippen LogP contribution is -2.27. The van der Waals surface area contributed by atoms with Gasteiger partial charge < -0.3 is 10.8 Å². The average molecular weight is 357 g/mol. The smallest absolute Gasteiger partial charge is 0.266 e. The molecule has 0 aliphatic carbocycles. The Balaban J connectivity index is 2.52. The summed E-state index contributed by atoms with van der Waals surface area (Å²) in [7, 11) is -2.39. The number of halogens is 1. The highest BCUT2D eigenvalue weighted by Gasteiger charge is 2.24. The van der Waals surface area contributed by atoms with Gasteiger partial charge in [0.25, 0.3) is 10.0 Å². The predicted molar refractivity (Wildman–Crippen MR) is 82.3 cm³/mol. The van der Waals surface area contributed by atoms with E-state index in [9.17, 15) is 13.5 Å². The molecule has 0 fully saturated rings. The van der Waals surface area contributed by atoms with Crippen molar-refractivity contribution in [3.63, 3.8) is 0 Å². The molecule has 0 bridgehead atoms. The fourth-order valence-corrected chi connectivity index (χ4v) is 3.55. The molecule has 106 valence electrons. The maximum atomic E-state index is 12.6. The lowest BCUT2D eigenvalue weighted by atomic mass is 10.3. The first-order valence-electron chi connectivity index (χ1n) is 5.65. The summed E-state index contributed by atoms with van der Waals surface area (Å²) in [5.74, 6) is -0.00763. The molecular formula is C13H13BrN2O3S. The number of phenols is 1. The van der Waals surface area contributed by atoms with Gasteiger partial charge in [-0.05, 0) is 30.3 Å². The van der Waals surface area contributed by atoms with E-state index in [-0.39, 0.29) is 16.3 Å². The van der Waals surface area contributed by atoms with Gasteiger partial charge in [0.15, 0.2) is 0 Å². The monoisotopic (exact) mass is 356 g/mol. The third-order valence-corrected chi connectivity index (χ3v) is 5.14. The molecule has 2 rings (SSSR count). The van der Waals surface area contributed by atoms with E-state index in [2.05, 4.69) is 15.9 Å². The minimum atomic E-state index is -3.79. The van der Waals surface area contributed by atoms with Crippen LogP contribution in [0, 0.1) is 0 Å². The van der Waals surface area contributed by atoms with Crippen LogP contribution in [0.4, 0.5) is 11.4 Å². The molecule has 3 N–H and O–H groups in total. The second-order valence-electron chi connectivity index (χ2n) is 4.17. The van der Waals surface area contributed by atoms with Gasteiger partial charge in [0.2, 0.25) is 0 Å². The van der Waals surface area contributed by atoms with Gasteiger partial charge in [0.05, 0.1) is 11.4 Å². The van der Waals surface area contributed by atoms with E-state index < -0.39 is 10.0 Å². The molecule has 0 aromatic heterocycles. The van der Waals surface area contributed by atoms with Crippen molar-refractivity contribution in [3.05, 3.63) is 46.9 Å². The van der Waals surface area contributed by atoms with E-state index in [0.717, 1.165) is 4.31 Å². The molecule has 0 unspecified atom stereocenters. The minimum absolute atomic E-state index is 0.00763. The first kappa shape index (κ1) is 14.7. The fraction of sp³-hybridized carbons (Fsp3) is 0.0769. The Morgan fingerprint density at radius 2 is 1.90 bits per heavy atom. The normalized spacial score (nSPS) is 11.3. The van der Waals surface area contributed by atoms with Crippen molar-refractivity contribution in [1.82, 2.24) is 0 Å². The topological polar surface area (TPSA) is 83.6 Å². The average Bonchev–Trinajstić information content (AvgIpc) is 2.40. The molecule has 5 nitrogen and oxygen atoms in total. The summed E-state index contributed by atoms with van der Waals surface area (Å²) < 4.78 is 26.8. The Labute approximate surface area is 125 Å². The Bertz CT molecular complexity index is 747. The van der Waals surface area contributed by atoms with Crippen LogP contribution in [0.15, 0.2) is 51.8 Å². The summed E-state index contributed by atoms with van der Waals surface area (Å²) >= 11 is 3.23. The zero-order chi connectivity index (χ0) is 14.9. The molecule has 0 saturated carbocycles. The number of hydrogen-bond donors (Lipinski definition) is 2. The number of benzene rings is 2. The number of nitrogens with zero attached hydrogens (tertiary/aromatic N) is 1. The first-order valence-corrected chi connectivity index (χ1v) is 7.88. The van der Waals surface area contributed by atoms with E-state index >= 15 is 0 Å². The van der Waals surface area contributed by atoms with Crippen LogP contribution >= 0.6 is 15.9 Å². The SMILES string of the molecule is CN(c1cccc(O)c1)S(=O)(=O)c1cc(Br)ccc1N. The highest BCUT2D eigenvalue weighted by molar-refractivity contribution is 9.10. The standard InChI is InChI=1S/C13H13BrN2O3S/c1-16(10-3-2-4-11(17)8-10)20(18,19)13-7-9(14)5-6-12(13)15/h2-8,17H,15H2,1H3. The van der Waals surface area contributed by atoms with Gasteiger partial charge in [-0.2, -0.15) is 0 Å². The van der Waals surface area contributed by atoms with Crippen LogP contribution in [-0.2, 0) is 10.0 Å². The molecule has 2 aromatic rings. The third kappa shape index (κ3) is 2.73. The lowest BCUT2D eigenvalue weighted by molar-refractivity contribution is 0.475. The molecule has 0 spiro atoms. The summed E-state index contributed by atoms with van der Waals surface area (Å²) in [4.78, 5) is 0.0118. The van der Waals surface area contributed by atoms with Crippen LogP contribution < -0.4 is 10.0 Å². The summed E-state index contributed by atoms with van der Waals surface area (Å²) in [5.41, 5.74) is 6.26. The van der Waals surface area contributed by atoms with Gasteiger partial charge >= 0.3 is 0 Å². The zero-order valence-corrected chi connectivity index (χ0v) is 13.0. The maximum absolute atomic E-state index is 12.6. The van der Waals surface area contributed by atoms with Crippen molar-refractivity contribution in [2.75, 3.05) is 17.1 Å². The first-order chi connectivity index (χ1) is 9.32. The number of phenolic OH excluding ortho intramolecular Hbond substituents is 1. The molecule has 0 aliphatic rings. The van der Waals surface area contributed by atoms with Crippen LogP contribution in [0.1, 0.15) is 0 Å². The van der Waals surface area contributed by atoms with Crippen molar-refractivity contribution < 1.29 is 13.5 Å². The molecule has 0 aliphatic heterocycles. The van der Waals surface area contributed by atoms with E-state index in [1.165, 1.54) is 31.3 Å². The second kappa shape index (κ2) is 5.34. The van der Waals surface area contributed by atoms with Gasteiger partial charge in [-0.1, -0.05) is 22.0 Å². The molecule has 0 heterocycles. The zero-order valence-electron chi connectivity index (χ0n) is 10.6. The Kier molecular flexibility index (Phi) is 3.92. The molecular weight excluding hydrogens is 344 g/mol. The van der Waals surface area contributed by atoms with Gasteiger partial charge in [-0.15, -0.1) is 0 Å². The number of nitrogens with two attached hydrogens (primary N) is 1. The largest absolute Gasteiger partial charge is 0.508 e. The number of sulfonamides is 1. The van der Waals surface area contributed by atoms with Crippen molar-refractivity contribution in [3.8, 4) is 5.75 Å². The highest BCUT2D eigenvalue weighted by Crippen LogP contribution is 2.29. The van der Waals surface area contributed by atoms with Gasteiger partial charge in [0.1, 0.15) is 10.6 Å². The Hall–Kier alpha value is -1.73. The highest BCUT2D eigenvalue weighted by atomic mass is 79.9. The summed E-state index contributed by atoms with van der Waals surface area (Å²) in [6.07, 6.45) is 0. The van der Waals surface area contributed by atoms with E-state index in [4.69, 9.17) is 5.73 Å². The van der Waals surface area contributed by atoms with Gasteiger partial charge in [-0.3, -0.25) is 4.31 Å². The van der Waals surface area contributed by atoms with Crippen LogP contribution in [0.2, 0.25) is 0 Å². The Morgan fingerprint density at radius 3 is 2.55 bits per heavy atom. The van der Waals surface area contributed by atoms with Gasteiger partial charge in [-0.25, -0.2) is 8.42 Å². The fourth-order valence-electron chi connectivity index (χ4n) is 1.71. The minimum Gasteiger partial charge on any atom is -0.508 e. The van der Waals surface area contributed by atoms with E-state index in [0.29, 0.717) is 10.2 Å². The van der Waals surface area contributed by atoms with Crippen LogP contribution in [-0.4, -0.2) is 20.6 Å². The van der Waals surface area contributed by atoms with Gasteiger partial charge in [0, 0.05) is 17.6 Å². The lowest BCUT2D eigenvalue weighted by Gasteiger charge is -2.20. The van der Waals surface area contributed by atoms with Crippen LogP contribution in [0.25, 0.3) is 0 Å². The Morgan fingerprint density at radius 1 is 1.20 bits per heavy atom.